The molecule has 184 valence electrons. The second-order valence-corrected chi connectivity index (χ2v) is 8.97. The van der Waals surface area contributed by atoms with Crippen molar-refractivity contribution in [3.63, 3.8) is 0 Å². The molecular formula is C31H32N2O3. The average Bonchev–Trinajstić information content (AvgIpc) is 2.87. The van der Waals surface area contributed by atoms with Crippen molar-refractivity contribution < 1.29 is 14.3 Å². The minimum atomic E-state index is 0.103. The van der Waals surface area contributed by atoms with Crippen LogP contribution >= 0.6 is 0 Å². The summed E-state index contributed by atoms with van der Waals surface area (Å²) in [5.74, 6) is 1.73. The first kappa shape index (κ1) is 25.1. The molecule has 3 aromatic carbocycles. The van der Waals surface area contributed by atoms with Crippen LogP contribution in [0.5, 0.6) is 11.5 Å². The van der Waals surface area contributed by atoms with E-state index in [1.165, 1.54) is 0 Å². The van der Waals surface area contributed by atoms with Crippen LogP contribution in [0.1, 0.15) is 43.3 Å². The van der Waals surface area contributed by atoms with Crippen molar-refractivity contribution in [2.75, 3.05) is 6.61 Å². The molecule has 36 heavy (non-hydrogen) atoms. The highest BCUT2D eigenvalue weighted by molar-refractivity contribution is 5.83. The van der Waals surface area contributed by atoms with Crippen LogP contribution in [0.4, 0.5) is 0 Å². The number of benzene rings is 3. The minimum absolute atomic E-state index is 0.103. The molecule has 0 aliphatic carbocycles. The molecule has 4 rings (SSSR count). The predicted octanol–water partition coefficient (Wildman–Crippen LogP) is 6.27. The maximum absolute atomic E-state index is 13.0. The van der Waals surface area contributed by atoms with Gasteiger partial charge in [0.2, 0.25) is 0 Å². The topological polar surface area (TPSA) is 61.3 Å². The Balaban J connectivity index is 1.55. The van der Waals surface area contributed by atoms with E-state index in [2.05, 4.69) is 12.1 Å². The number of Topliss-reactive ketones (excluding diaryl/α,β-unsaturated/α-hetero) is 1. The Kier molecular flexibility index (Phi) is 8.45. The number of ether oxygens (including phenoxy) is 2. The van der Waals surface area contributed by atoms with Gasteiger partial charge in [-0.3, -0.25) is 9.78 Å². The lowest BCUT2D eigenvalue weighted by Crippen LogP contribution is -2.12. The number of carbonyl (C=O) groups excluding carboxylic acids is 1. The van der Waals surface area contributed by atoms with Crippen molar-refractivity contribution in [1.29, 1.82) is 0 Å². The lowest BCUT2D eigenvalue weighted by molar-refractivity contribution is -0.117. The average molecular weight is 481 g/mol. The zero-order valence-corrected chi connectivity index (χ0v) is 21.1. The van der Waals surface area contributed by atoms with E-state index in [9.17, 15) is 4.79 Å². The summed E-state index contributed by atoms with van der Waals surface area (Å²) in [7, 11) is 0. The van der Waals surface area contributed by atoms with Crippen LogP contribution in [-0.2, 0) is 24.1 Å². The molecule has 0 N–H and O–H groups in total. The van der Waals surface area contributed by atoms with Crippen LogP contribution in [0, 0.1) is 0 Å². The first-order valence-electron chi connectivity index (χ1n) is 12.4. The molecular weight excluding hydrogens is 448 g/mol. The maximum atomic E-state index is 13.0. The molecule has 0 aliphatic rings. The van der Waals surface area contributed by atoms with Gasteiger partial charge < -0.3 is 9.47 Å². The summed E-state index contributed by atoms with van der Waals surface area (Å²) in [6.07, 6.45) is 3.07. The van der Waals surface area contributed by atoms with Crippen LogP contribution in [0.3, 0.4) is 0 Å². The predicted molar refractivity (Wildman–Crippen MR) is 143 cm³/mol. The zero-order chi connectivity index (χ0) is 25.3. The van der Waals surface area contributed by atoms with E-state index >= 15 is 0 Å². The Bertz CT molecular complexity index is 1270. The smallest absolute Gasteiger partial charge is 0.143 e. The van der Waals surface area contributed by atoms with Crippen molar-refractivity contribution in [3.8, 4) is 22.8 Å². The fourth-order valence-electron chi connectivity index (χ4n) is 3.99. The normalized spacial score (nSPS) is 10.9. The summed E-state index contributed by atoms with van der Waals surface area (Å²) in [4.78, 5) is 22.6. The summed E-state index contributed by atoms with van der Waals surface area (Å²) < 4.78 is 11.3. The van der Waals surface area contributed by atoms with Gasteiger partial charge in [0.1, 0.15) is 17.3 Å². The Hall–Kier alpha value is -3.99. The Morgan fingerprint density at radius 1 is 0.806 bits per heavy atom. The number of nitrogens with zero attached hydrogens (tertiary/aromatic N) is 2. The lowest BCUT2D eigenvalue weighted by Gasteiger charge is -2.12. The third-order valence-corrected chi connectivity index (χ3v) is 5.67. The Morgan fingerprint density at radius 3 is 2.17 bits per heavy atom. The molecule has 5 nitrogen and oxygen atoms in total. The van der Waals surface area contributed by atoms with Gasteiger partial charge in [0.25, 0.3) is 0 Å². The van der Waals surface area contributed by atoms with E-state index in [-0.39, 0.29) is 18.3 Å². The number of ketones is 1. The van der Waals surface area contributed by atoms with Crippen molar-refractivity contribution in [1.82, 2.24) is 9.97 Å². The second-order valence-electron chi connectivity index (χ2n) is 8.97. The number of hydrogen-bond donors (Lipinski definition) is 0. The van der Waals surface area contributed by atoms with Gasteiger partial charge in [-0.1, -0.05) is 42.5 Å². The highest BCUT2D eigenvalue weighted by Crippen LogP contribution is 2.23. The van der Waals surface area contributed by atoms with Crippen LogP contribution in [0.25, 0.3) is 11.3 Å². The number of aromatic nitrogens is 2. The van der Waals surface area contributed by atoms with Gasteiger partial charge in [-0.15, -0.1) is 0 Å². The number of carbonyl (C=O) groups is 1. The number of rotatable bonds is 11. The summed E-state index contributed by atoms with van der Waals surface area (Å²) in [6, 6.07) is 25.7. The van der Waals surface area contributed by atoms with Crippen molar-refractivity contribution in [2.24, 2.45) is 0 Å². The van der Waals surface area contributed by atoms with E-state index in [0.29, 0.717) is 19.4 Å². The molecule has 0 aliphatic heterocycles. The molecule has 1 heterocycles. The molecule has 0 bridgehead atoms. The third kappa shape index (κ3) is 7.01. The largest absolute Gasteiger partial charge is 0.494 e. The minimum Gasteiger partial charge on any atom is -0.494 e. The molecule has 0 radical (unpaired) electrons. The standard InChI is InChI=1S/C31H32N2O3/c1-4-35-27-14-10-24(11-15-27)18-26(34)20-29-30(19-23-8-6-5-7-9-23)33-31(21-32-29)25-12-16-28(17-13-25)36-22(2)3/h5-17,21-22H,4,18-20H2,1-3H3. The van der Waals surface area contributed by atoms with Gasteiger partial charge in [0.05, 0.1) is 42.4 Å². The van der Waals surface area contributed by atoms with Crippen LogP contribution in [0.15, 0.2) is 85.1 Å². The fourth-order valence-corrected chi connectivity index (χ4v) is 3.99. The van der Waals surface area contributed by atoms with Gasteiger partial charge in [0.15, 0.2) is 0 Å². The highest BCUT2D eigenvalue weighted by atomic mass is 16.5. The molecule has 0 saturated carbocycles. The second kappa shape index (κ2) is 12.1. The van der Waals surface area contributed by atoms with Gasteiger partial charge in [-0.2, -0.15) is 0 Å². The zero-order valence-electron chi connectivity index (χ0n) is 21.1. The molecule has 4 aromatic rings. The third-order valence-electron chi connectivity index (χ3n) is 5.67. The van der Waals surface area contributed by atoms with Crippen molar-refractivity contribution in [3.05, 3.63) is 108 Å². The van der Waals surface area contributed by atoms with Gasteiger partial charge in [-0.25, -0.2) is 4.98 Å². The molecule has 0 unspecified atom stereocenters. The summed E-state index contributed by atoms with van der Waals surface area (Å²) in [5.41, 5.74) is 5.37. The molecule has 0 amide bonds. The van der Waals surface area contributed by atoms with Crippen molar-refractivity contribution in [2.45, 2.75) is 46.1 Å². The Morgan fingerprint density at radius 2 is 1.50 bits per heavy atom. The van der Waals surface area contributed by atoms with Crippen molar-refractivity contribution >= 4 is 5.78 Å². The summed E-state index contributed by atoms with van der Waals surface area (Å²) >= 11 is 0. The van der Waals surface area contributed by atoms with E-state index in [1.807, 2.05) is 87.5 Å². The van der Waals surface area contributed by atoms with Gasteiger partial charge in [0, 0.05) is 18.4 Å². The van der Waals surface area contributed by atoms with E-state index in [1.54, 1.807) is 6.20 Å². The molecule has 0 spiro atoms. The number of hydrogen-bond acceptors (Lipinski definition) is 5. The van der Waals surface area contributed by atoms with Gasteiger partial charge >= 0.3 is 0 Å². The van der Waals surface area contributed by atoms with Crippen LogP contribution < -0.4 is 9.47 Å². The molecule has 0 atom stereocenters. The van der Waals surface area contributed by atoms with Crippen LogP contribution in [0.2, 0.25) is 0 Å². The van der Waals surface area contributed by atoms with E-state index < -0.39 is 0 Å². The maximum Gasteiger partial charge on any atom is 0.143 e. The fraction of sp³-hybridized carbons (Fsp3) is 0.258. The molecule has 0 saturated heterocycles. The highest BCUT2D eigenvalue weighted by Gasteiger charge is 2.15. The summed E-state index contributed by atoms with van der Waals surface area (Å²) in [5, 5.41) is 0. The van der Waals surface area contributed by atoms with E-state index in [4.69, 9.17) is 19.4 Å². The van der Waals surface area contributed by atoms with Crippen LogP contribution in [-0.4, -0.2) is 28.5 Å². The summed E-state index contributed by atoms with van der Waals surface area (Å²) in [6.45, 7) is 6.58. The monoisotopic (exact) mass is 480 g/mol. The van der Waals surface area contributed by atoms with E-state index in [0.717, 1.165) is 45.3 Å². The lowest BCUT2D eigenvalue weighted by atomic mass is 10.0. The Labute approximate surface area is 213 Å². The first-order valence-corrected chi connectivity index (χ1v) is 12.4. The SMILES string of the molecule is CCOc1ccc(CC(=O)Cc2ncc(-c3ccc(OC(C)C)cc3)nc2Cc2ccccc2)cc1. The molecule has 5 heteroatoms. The molecule has 0 fully saturated rings. The molecule has 1 aromatic heterocycles. The van der Waals surface area contributed by atoms with Gasteiger partial charge in [-0.05, 0) is 68.3 Å². The quantitative estimate of drug-likeness (QED) is 0.253. The first-order chi connectivity index (χ1) is 17.5.